The molecule has 23 heavy (non-hydrogen) atoms. The molecular weight excluding hydrogens is 296 g/mol. The molecule has 1 unspecified atom stereocenters. The van der Waals surface area contributed by atoms with E-state index in [4.69, 9.17) is 4.74 Å². The van der Waals surface area contributed by atoms with Crippen LogP contribution in [-0.4, -0.2) is 49.8 Å². The molecule has 0 aromatic heterocycles. The predicted molar refractivity (Wildman–Crippen MR) is 86.2 cm³/mol. The van der Waals surface area contributed by atoms with Crippen molar-refractivity contribution < 1.29 is 14.3 Å². The maximum atomic E-state index is 11.8. The highest BCUT2D eigenvalue weighted by atomic mass is 16.5. The van der Waals surface area contributed by atoms with Gasteiger partial charge < -0.3 is 15.0 Å². The van der Waals surface area contributed by atoms with Crippen molar-refractivity contribution in [2.75, 3.05) is 29.9 Å². The van der Waals surface area contributed by atoms with Crippen molar-refractivity contribution in [3.63, 3.8) is 0 Å². The average Bonchev–Trinajstić information content (AvgIpc) is 2.57. The van der Waals surface area contributed by atoms with Gasteiger partial charge in [-0.15, -0.1) is 0 Å². The van der Waals surface area contributed by atoms with Crippen LogP contribution < -0.4 is 20.3 Å². The van der Waals surface area contributed by atoms with Gasteiger partial charge in [-0.3, -0.25) is 19.9 Å². The minimum atomic E-state index is -0.385. The molecule has 3 heterocycles. The van der Waals surface area contributed by atoms with Gasteiger partial charge in [0.2, 0.25) is 11.8 Å². The molecule has 0 aliphatic carbocycles. The first-order valence-corrected chi connectivity index (χ1v) is 7.84. The van der Waals surface area contributed by atoms with Gasteiger partial charge in [0.05, 0.1) is 18.3 Å². The van der Waals surface area contributed by atoms with Gasteiger partial charge in [0, 0.05) is 30.9 Å². The number of aliphatic imine (C=N–C) groups is 1. The number of piperidine rings is 1. The van der Waals surface area contributed by atoms with Gasteiger partial charge in [-0.05, 0) is 18.6 Å². The van der Waals surface area contributed by atoms with E-state index < -0.39 is 0 Å². The Morgan fingerprint density at radius 3 is 3.13 bits per heavy atom. The summed E-state index contributed by atoms with van der Waals surface area (Å²) in [5.41, 5.74) is 1.88. The summed E-state index contributed by atoms with van der Waals surface area (Å²) >= 11 is 0. The van der Waals surface area contributed by atoms with Crippen molar-refractivity contribution in [1.29, 1.82) is 0 Å². The molecular formula is C16H18N4O3. The molecule has 3 aliphatic rings. The second-order valence-electron chi connectivity index (χ2n) is 5.96. The third kappa shape index (κ3) is 2.62. The van der Waals surface area contributed by atoms with Crippen LogP contribution in [0.2, 0.25) is 0 Å². The molecule has 2 amide bonds. The number of rotatable bonds is 2. The summed E-state index contributed by atoms with van der Waals surface area (Å²) < 4.78 is 5.84. The lowest BCUT2D eigenvalue weighted by Crippen LogP contribution is -2.48. The number of anilines is 2. The Morgan fingerprint density at radius 1 is 1.35 bits per heavy atom. The van der Waals surface area contributed by atoms with Crippen molar-refractivity contribution in [2.24, 2.45) is 4.99 Å². The van der Waals surface area contributed by atoms with Crippen LogP contribution in [0.25, 0.3) is 0 Å². The molecule has 2 atom stereocenters. The van der Waals surface area contributed by atoms with Gasteiger partial charge in [0.25, 0.3) is 0 Å². The minimum absolute atomic E-state index is 0.199. The highest BCUT2D eigenvalue weighted by molar-refractivity contribution is 6.01. The van der Waals surface area contributed by atoms with Crippen LogP contribution in [0.4, 0.5) is 11.4 Å². The van der Waals surface area contributed by atoms with E-state index in [1.165, 1.54) is 0 Å². The van der Waals surface area contributed by atoms with Crippen LogP contribution in [0, 0.1) is 0 Å². The number of hydrogen-bond acceptors (Lipinski definition) is 6. The van der Waals surface area contributed by atoms with E-state index in [1.807, 2.05) is 24.4 Å². The van der Waals surface area contributed by atoms with Gasteiger partial charge in [-0.2, -0.15) is 0 Å². The van der Waals surface area contributed by atoms with Crippen LogP contribution in [0.1, 0.15) is 12.8 Å². The summed E-state index contributed by atoms with van der Waals surface area (Å²) in [6.07, 6.45) is 2.81. The molecule has 0 radical (unpaired) electrons. The second-order valence-corrected chi connectivity index (χ2v) is 5.96. The van der Waals surface area contributed by atoms with E-state index in [2.05, 4.69) is 20.5 Å². The maximum Gasteiger partial charge on any atom is 0.249 e. The van der Waals surface area contributed by atoms with E-state index in [0.29, 0.717) is 19.4 Å². The summed E-state index contributed by atoms with van der Waals surface area (Å²) in [6.45, 7) is 2.27. The van der Waals surface area contributed by atoms with Crippen molar-refractivity contribution in [3.05, 3.63) is 18.2 Å². The number of carbonyl (C=O) groups is 2. The highest BCUT2D eigenvalue weighted by Gasteiger charge is 2.29. The normalized spacial score (nSPS) is 26.0. The zero-order chi connectivity index (χ0) is 15.8. The van der Waals surface area contributed by atoms with Crippen molar-refractivity contribution in [1.82, 2.24) is 5.32 Å². The van der Waals surface area contributed by atoms with Gasteiger partial charge in [-0.25, -0.2) is 0 Å². The zero-order valence-electron chi connectivity index (χ0n) is 12.6. The predicted octanol–water partition coefficient (Wildman–Crippen LogP) is 0.555. The monoisotopic (exact) mass is 314 g/mol. The number of nitrogens with one attached hydrogen (secondary N) is 2. The third-order valence-corrected chi connectivity index (χ3v) is 4.41. The first-order chi connectivity index (χ1) is 11.2. The molecule has 7 heteroatoms. The molecule has 1 saturated heterocycles. The van der Waals surface area contributed by atoms with E-state index in [1.54, 1.807) is 0 Å². The highest BCUT2D eigenvalue weighted by Crippen LogP contribution is 2.36. The standard InChI is InChI=1S/C16H18N4O3/c21-15-4-2-12(16(22)19-15)18-10-1-3-13-14(7-10)23-9-11-8-17-5-6-20(11)13/h1,3,7-8,11-12,18H,2,4-6,9H2,(H,19,21,22)/t11-,12?/m0/s1. The Kier molecular flexibility index (Phi) is 3.40. The maximum absolute atomic E-state index is 11.8. The second kappa shape index (κ2) is 5.57. The number of ether oxygens (including phenoxy) is 1. The van der Waals surface area contributed by atoms with E-state index in [9.17, 15) is 9.59 Å². The Hall–Kier alpha value is -2.57. The van der Waals surface area contributed by atoms with Crippen molar-refractivity contribution in [2.45, 2.75) is 24.9 Å². The van der Waals surface area contributed by atoms with E-state index in [0.717, 1.165) is 30.2 Å². The van der Waals surface area contributed by atoms with Crippen molar-refractivity contribution in [3.8, 4) is 5.75 Å². The topological polar surface area (TPSA) is 83.0 Å². The van der Waals surface area contributed by atoms with Gasteiger partial charge in [0.1, 0.15) is 18.4 Å². The molecule has 1 aromatic rings. The van der Waals surface area contributed by atoms with E-state index >= 15 is 0 Å². The number of carbonyl (C=O) groups excluding carboxylic acids is 2. The molecule has 0 bridgehead atoms. The number of nitrogens with zero attached hydrogens (tertiary/aromatic N) is 2. The number of benzene rings is 1. The smallest absolute Gasteiger partial charge is 0.249 e. The first-order valence-electron chi connectivity index (χ1n) is 7.84. The number of amides is 2. The number of imide groups is 1. The lowest BCUT2D eigenvalue weighted by atomic mass is 10.1. The zero-order valence-corrected chi connectivity index (χ0v) is 12.6. The SMILES string of the molecule is O=C1CCC(Nc2ccc3c(c2)OC[C@@H]2C=NCCN32)C(=O)N1. The van der Waals surface area contributed by atoms with Gasteiger partial charge >= 0.3 is 0 Å². The molecule has 7 nitrogen and oxygen atoms in total. The molecule has 0 spiro atoms. The molecule has 3 aliphatic heterocycles. The van der Waals surface area contributed by atoms with Crippen molar-refractivity contribution >= 4 is 29.4 Å². The molecule has 1 fully saturated rings. The Labute approximate surface area is 133 Å². The average molecular weight is 314 g/mol. The lowest BCUT2D eigenvalue weighted by Gasteiger charge is -2.38. The molecule has 0 saturated carbocycles. The van der Waals surface area contributed by atoms with Crippen LogP contribution in [0.5, 0.6) is 5.75 Å². The fraction of sp³-hybridized carbons (Fsp3) is 0.438. The van der Waals surface area contributed by atoms with Gasteiger partial charge in [-0.1, -0.05) is 0 Å². The molecule has 2 N–H and O–H groups in total. The van der Waals surface area contributed by atoms with Crippen LogP contribution in [-0.2, 0) is 9.59 Å². The summed E-state index contributed by atoms with van der Waals surface area (Å²) in [7, 11) is 0. The lowest BCUT2D eigenvalue weighted by molar-refractivity contribution is -0.133. The van der Waals surface area contributed by atoms with Crippen LogP contribution >= 0.6 is 0 Å². The Morgan fingerprint density at radius 2 is 2.26 bits per heavy atom. The third-order valence-electron chi connectivity index (χ3n) is 4.41. The molecule has 4 rings (SSSR count). The minimum Gasteiger partial charge on any atom is -0.489 e. The first kappa shape index (κ1) is 14.0. The largest absolute Gasteiger partial charge is 0.489 e. The summed E-state index contributed by atoms with van der Waals surface area (Å²) in [4.78, 5) is 29.6. The van der Waals surface area contributed by atoms with E-state index in [-0.39, 0.29) is 23.9 Å². The number of fused-ring (bicyclic) bond motifs is 3. The fourth-order valence-corrected chi connectivity index (χ4v) is 3.20. The van der Waals surface area contributed by atoms with Crippen LogP contribution in [0.3, 0.4) is 0 Å². The molecule has 120 valence electrons. The molecule has 1 aromatic carbocycles. The summed E-state index contributed by atoms with van der Waals surface area (Å²) in [5.74, 6) is 0.334. The van der Waals surface area contributed by atoms with Gasteiger partial charge in [0.15, 0.2) is 0 Å². The summed E-state index contributed by atoms with van der Waals surface area (Å²) in [6, 6.07) is 5.69. The Bertz CT molecular complexity index is 688. The Balaban J connectivity index is 1.53. The fourth-order valence-electron chi connectivity index (χ4n) is 3.20. The van der Waals surface area contributed by atoms with Crippen LogP contribution in [0.15, 0.2) is 23.2 Å². The number of hydrogen-bond donors (Lipinski definition) is 2. The summed E-state index contributed by atoms with van der Waals surface area (Å²) in [5, 5.41) is 5.54. The quantitative estimate of drug-likeness (QED) is 0.779.